The molecule has 5 N–H and O–H groups in total. The molecule has 1 aromatic heterocycles. The topological polar surface area (TPSA) is 128 Å². The van der Waals surface area contributed by atoms with Crippen molar-refractivity contribution in [3.05, 3.63) is 46.6 Å². The van der Waals surface area contributed by atoms with Gasteiger partial charge in [-0.1, -0.05) is 18.1 Å². The van der Waals surface area contributed by atoms with Crippen LogP contribution in [-0.4, -0.2) is 67.9 Å². The molecule has 0 bridgehead atoms. The zero-order valence-electron chi connectivity index (χ0n) is 15.4. The van der Waals surface area contributed by atoms with Gasteiger partial charge in [-0.25, -0.2) is 0 Å². The van der Waals surface area contributed by atoms with E-state index in [1.165, 1.54) is 0 Å². The monoisotopic (exact) mass is 428 g/mol. The summed E-state index contributed by atoms with van der Waals surface area (Å²) in [4.78, 5) is 0. The Bertz CT molecular complexity index is 906. The third-order valence-corrected chi connectivity index (χ3v) is 4.69. The Kier molecular flexibility index (Phi) is 6.35. The molecule has 5 atom stereocenters. The van der Waals surface area contributed by atoms with Gasteiger partial charge < -0.3 is 29.9 Å². The zero-order chi connectivity index (χ0) is 22.1. The van der Waals surface area contributed by atoms with E-state index in [1.54, 1.807) is 24.3 Å². The van der Waals surface area contributed by atoms with Crippen LogP contribution in [0.15, 0.2) is 24.3 Å². The Labute approximate surface area is 168 Å². The predicted octanol–water partition coefficient (Wildman–Crippen LogP) is 0.179. The summed E-state index contributed by atoms with van der Waals surface area (Å²) in [5, 5.41) is 44.4. The average molecular weight is 428 g/mol. The zero-order valence-corrected chi connectivity index (χ0v) is 15.4. The fourth-order valence-corrected chi connectivity index (χ4v) is 3.04. The van der Waals surface area contributed by atoms with Crippen LogP contribution < -0.4 is 4.74 Å². The van der Waals surface area contributed by atoms with Gasteiger partial charge in [-0.05, 0) is 17.7 Å². The lowest BCUT2D eigenvalue weighted by atomic mass is 9.99. The second-order valence-corrected chi connectivity index (χ2v) is 6.71. The molecule has 2 aromatic rings. The van der Waals surface area contributed by atoms with Crippen molar-refractivity contribution in [2.24, 2.45) is 0 Å². The van der Waals surface area contributed by atoms with E-state index in [4.69, 9.17) is 15.9 Å². The molecule has 162 valence electrons. The number of aromatic amines is 1. The Morgan fingerprint density at radius 1 is 1.13 bits per heavy atom. The Balaban J connectivity index is 1.91. The number of alkyl halides is 3. The number of aliphatic hydroxyl groups excluding tert-OH is 4. The van der Waals surface area contributed by atoms with Gasteiger partial charge in [0.05, 0.1) is 12.2 Å². The Morgan fingerprint density at radius 2 is 1.80 bits per heavy atom. The molecule has 0 unspecified atom stereocenters. The van der Waals surface area contributed by atoms with Gasteiger partial charge in [0.2, 0.25) is 12.2 Å². The van der Waals surface area contributed by atoms with E-state index >= 15 is 0 Å². The number of rotatable bonds is 5. The van der Waals surface area contributed by atoms with Crippen LogP contribution in [0.1, 0.15) is 22.4 Å². The molecule has 11 heteroatoms. The number of nitrogens with one attached hydrogen (secondary N) is 1. The van der Waals surface area contributed by atoms with E-state index in [9.17, 15) is 33.6 Å². The Hall–Kier alpha value is -2.62. The lowest BCUT2D eigenvalue weighted by molar-refractivity contribution is -0.278. The highest BCUT2D eigenvalue weighted by atomic mass is 19.4. The first kappa shape index (κ1) is 22.1. The first-order chi connectivity index (χ1) is 14.2. The normalized spacial score (nSPS) is 26.9. The average Bonchev–Trinajstić information content (AvgIpc) is 3.11. The van der Waals surface area contributed by atoms with Crippen molar-refractivity contribution in [3.8, 4) is 18.2 Å². The van der Waals surface area contributed by atoms with Crippen LogP contribution in [0.25, 0.3) is 0 Å². The third-order valence-electron chi connectivity index (χ3n) is 4.69. The largest absolute Gasteiger partial charge is 0.443 e. The van der Waals surface area contributed by atoms with Gasteiger partial charge in [0.25, 0.3) is 0 Å². The minimum atomic E-state index is -4.77. The summed E-state index contributed by atoms with van der Waals surface area (Å²) in [6.45, 7) is -0.715. The van der Waals surface area contributed by atoms with E-state index in [0.717, 1.165) is 0 Å². The molecule has 1 aliphatic heterocycles. The summed E-state index contributed by atoms with van der Waals surface area (Å²) in [7, 11) is 0. The lowest BCUT2D eigenvalue weighted by Gasteiger charge is -2.39. The Morgan fingerprint density at radius 3 is 2.37 bits per heavy atom. The predicted molar refractivity (Wildman–Crippen MR) is 95.2 cm³/mol. The van der Waals surface area contributed by atoms with Crippen molar-refractivity contribution in [1.29, 1.82) is 0 Å². The second-order valence-electron chi connectivity index (χ2n) is 6.71. The summed E-state index contributed by atoms with van der Waals surface area (Å²) in [6.07, 6.45) is -7.86. The molecule has 2 heterocycles. The SMILES string of the molecule is C#Cc1ccc(Cc2c(O[C@H]3O[C@H](CO)[C@@H](O)[C@H](O)[C@H]3O)n[nH]c2C(F)(F)F)cc1. The van der Waals surface area contributed by atoms with Gasteiger partial charge in [0.15, 0.2) is 0 Å². The molecule has 0 aliphatic carbocycles. The highest BCUT2D eigenvalue weighted by Gasteiger charge is 2.46. The van der Waals surface area contributed by atoms with Crippen LogP contribution in [0.2, 0.25) is 0 Å². The number of halogens is 3. The summed E-state index contributed by atoms with van der Waals surface area (Å²) in [5.41, 5.74) is -0.463. The fraction of sp³-hybridized carbons (Fsp3) is 0.421. The number of aliphatic hydroxyl groups is 4. The third kappa shape index (κ3) is 4.43. The molecule has 1 aliphatic rings. The van der Waals surface area contributed by atoms with Gasteiger partial charge >= 0.3 is 6.18 Å². The molecule has 1 fully saturated rings. The fourth-order valence-electron chi connectivity index (χ4n) is 3.04. The van der Waals surface area contributed by atoms with Crippen molar-refractivity contribution >= 4 is 0 Å². The van der Waals surface area contributed by atoms with Crippen molar-refractivity contribution in [3.63, 3.8) is 0 Å². The van der Waals surface area contributed by atoms with Gasteiger partial charge in [-0.3, -0.25) is 5.10 Å². The van der Waals surface area contributed by atoms with Gasteiger partial charge in [0, 0.05) is 12.0 Å². The maximum Gasteiger partial charge on any atom is 0.433 e. The van der Waals surface area contributed by atoms with E-state index in [0.29, 0.717) is 11.1 Å². The summed E-state index contributed by atoms with van der Waals surface area (Å²) >= 11 is 0. The number of nitrogens with zero attached hydrogens (tertiary/aromatic N) is 1. The smallest absolute Gasteiger partial charge is 0.433 e. The number of ether oxygens (including phenoxy) is 2. The minimum Gasteiger partial charge on any atom is -0.443 e. The molecule has 8 nitrogen and oxygen atoms in total. The van der Waals surface area contributed by atoms with Crippen LogP contribution >= 0.6 is 0 Å². The van der Waals surface area contributed by atoms with Crippen LogP contribution in [0.5, 0.6) is 5.88 Å². The van der Waals surface area contributed by atoms with Crippen molar-refractivity contribution in [2.45, 2.75) is 43.3 Å². The molecule has 0 spiro atoms. The molecule has 0 saturated carbocycles. The standard InChI is InChI=1S/C19H19F3N2O6/c1-2-9-3-5-10(6-4-9)7-11-16(19(20,21)22)23-24-17(11)30-18-15(28)14(27)13(26)12(8-25)29-18/h1,3-6,12-15,18,25-28H,7-8H2,(H,23,24)/t12-,13-,14+,15-,18-/m1/s1. The van der Waals surface area contributed by atoms with Crippen molar-refractivity contribution in [1.82, 2.24) is 10.2 Å². The molecule has 1 saturated heterocycles. The minimum absolute atomic E-state index is 0.233. The van der Waals surface area contributed by atoms with E-state index in [-0.39, 0.29) is 12.0 Å². The first-order valence-corrected chi connectivity index (χ1v) is 8.82. The number of H-pyrrole nitrogens is 1. The molecular formula is C19H19F3N2O6. The maximum absolute atomic E-state index is 13.4. The molecule has 0 radical (unpaired) electrons. The van der Waals surface area contributed by atoms with Crippen LogP contribution in [0, 0.1) is 12.3 Å². The van der Waals surface area contributed by atoms with Gasteiger partial charge in [0.1, 0.15) is 30.1 Å². The van der Waals surface area contributed by atoms with Crippen LogP contribution in [0.3, 0.4) is 0 Å². The molecule has 3 rings (SSSR count). The number of terminal acetylenes is 1. The lowest BCUT2D eigenvalue weighted by Crippen LogP contribution is -2.60. The molecule has 1 aromatic carbocycles. The van der Waals surface area contributed by atoms with Crippen molar-refractivity contribution < 1.29 is 43.1 Å². The summed E-state index contributed by atoms with van der Waals surface area (Å²) in [6, 6.07) is 6.25. The van der Waals surface area contributed by atoms with Crippen LogP contribution in [0.4, 0.5) is 13.2 Å². The highest BCUT2D eigenvalue weighted by Crippen LogP contribution is 2.36. The summed E-state index contributed by atoms with van der Waals surface area (Å²) in [5.74, 6) is 1.90. The van der Waals surface area contributed by atoms with Gasteiger partial charge in [-0.2, -0.15) is 13.2 Å². The van der Waals surface area contributed by atoms with Gasteiger partial charge in [-0.15, -0.1) is 11.5 Å². The highest BCUT2D eigenvalue weighted by molar-refractivity contribution is 5.40. The number of benzene rings is 1. The number of hydrogen-bond donors (Lipinski definition) is 5. The van der Waals surface area contributed by atoms with E-state index < -0.39 is 55.1 Å². The van der Waals surface area contributed by atoms with Crippen LogP contribution in [-0.2, 0) is 17.3 Å². The summed E-state index contributed by atoms with van der Waals surface area (Å²) < 4.78 is 50.8. The molecular weight excluding hydrogens is 409 g/mol. The second kappa shape index (κ2) is 8.63. The number of hydrogen-bond acceptors (Lipinski definition) is 7. The quantitative estimate of drug-likeness (QED) is 0.430. The first-order valence-electron chi connectivity index (χ1n) is 8.82. The maximum atomic E-state index is 13.4. The number of aromatic nitrogens is 2. The van der Waals surface area contributed by atoms with E-state index in [1.807, 2.05) is 5.10 Å². The molecule has 30 heavy (non-hydrogen) atoms. The van der Waals surface area contributed by atoms with E-state index in [2.05, 4.69) is 11.0 Å². The van der Waals surface area contributed by atoms with Crippen molar-refractivity contribution in [2.75, 3.05) is 6.61 Å². The molecule has 0 amide bonds.